The fourth-order valence-electron chi connectivity index (χ4n) is 9.65. The third-order valence-corrected chi connectivity index (χ3v) is 17.4. The molecular weight excluding hydrogens is 1330 g/mol. The van der Waals surface area contributed by atoms with Crippen molar-refractivity contribution in [3.05, 3.63) is 158 Å². The van der Waals surface area contributed by atoms with Crippen molar-refractivity contribution < 1.29 is 80.2 Å². The SMILES string of the molecule is CC/C=C\C/C=C\C/C=C\C/C=C\C/C=C\CCCC(=O)OCC(COP(=O)(O)OCC(O)COP(=O)(O)OCC(COC(=O)CCCCCCCC/C=C\C/C=C\C/C=C\C/C=C\CC)OC(=O)CCCCCCC/C=C\CCCC)OC(=O)CCCCCCC/C=C\C/C=C\C/C=C\CC. The van der Waals surface area contributed by atoms with Gasteiger partial charge in [0, 0.05) is 25.7 Å². The second kappa shape index (κ2) is 74.0. The van der Waals surface area contributed by atoms with E-state index in [-0.39, 0.29) is 25.7 Å². The molecule has 0 rings (SSSR count). The van der Waals surface area contributed by atoms with Gasteiger partial charge in [-0.15, -0.1) is 0 Å². The minimum Gasteiger partial charge on any atom is -0.462 e. The smallest absolute Gasteiger partial charge is 0.462 e. The second-order valence-corrected chi connectivity index (χ2v) is 28.1. The third kappa shape index (κ3) is 73.0. The summed E-state index contributed by atoms with van der Waals surface area (Å²) in [6.07, 6.45) is 85.3. The zero-order chi connectivity index (χ0) is 74.6. The molecule has 0 aliphatic rings. The van der Waals surface area contributed by atoms with E-state index in [0.29, 0.717) is 32.1 Å². The highest BCUT2D eigenvalue weighted by Crippen LogP contribution is 2.45. The van der Waals surface area contributed by atoms with Crippen LogP contribution in [0.3, 0.4) is 0 Å². The van der Waals surface area contributed by atoms with Crippen molar-refractivity contribution in [3.8, 4) is 0 Å². The first-order valence-electron chi connectivity index (χ1n) is 38.7. The molecule has 17 nitrogen and oxygen atoms in total. The molecule has 0 saturated carbocycles. The number of carbonyl (C=O) groups excluding carboxylic acids is 4. The van der Waals surface area contributed by atoms with Gasteiger partial charge in [0.25, 0.3) is 0 Å². The number of phosphoric ester groups is 2. The lowest BCUT2D eigenvalue weighted by Gasteiger charge is -2.21. The summed E-state index contributed by atoms with van der Waals surface area (Å²) in [6.45, 7) is 4.37. The summed E-state index contributed by atoms with van der Waals surface area (Å²) >= 11 is 0. The lowest BCUT2D eigenvalue weighted by molar-refractivity contribution is -0.161. The van der Waals surface area contributed by atoms with Gasteiger partial charge in [-0.25, -0.2) is 9.13 Å². The second-order valence-electron chi connectivity index (χ2n) is 25.1. The summed E-state index contributed by atoms with van der Waals surface area (Å²) in [4.78, 5) is 72.9. The highest BCUT2D eigenvalue weighted by Gasteiger charge is 2.30. The van der Waals surface area contributed by atoms with Gasteiger partial charge in [0.05, 0.1) is 26.4 Å². The maximum absolute atomic E-state index is 13.1. The number of ether oxygens (including phenoxy) is 4. The molecule has 3 N–H and O–H groups in total. The Hall–Kier alpha value is -5.32. The number of allylic oxidation sites excluding steroid dienone is 26. The fourth-order valence-corrected chi connectivity index (χ4v) is 11.2. The number of esters is 4. The van der Waals surface area contributed by atoms with Crippen LogP contribution in [0.2, 0.25) is 0 Å². The molecule has 0 aromatic rings. The predicted molar refractivity (Wildman–Crippen MR) is 417 cm³/mol. The normalized spacial score (nSPS) is 14.8. The standard InChI is InChI=1S/C83H136O17P2/c1-5-9-13-17-21-25-29-32-35-37-38-40-43-45-49-52-56-60-64-68-80(85)93-73-78(99-82(87)69-65-61-57-53-47-28-24-20-16-12-8-4)75-97-101(89,90)95-71-77(84)72-96-102(91,92)98-76-79(100-83(88)70-66-62-58-54-50-46-41-34-31-27-23-19-15-11-7-3)74-94-81(86)67-63-59-55-51-48-44-42-39-36-33-30-26-22-18-14-10-6-2/h9-11,13-15,20-27,32-36,38,40-42,44,51,55,77-79,84H,5-8,12,16-19,28-31,37,39,43,45-50,52-54,56-76H2,1-4H3,(H,89,90)(H,91,92)/b13-9-,14-10-,15-11-,24-20-,25-21-,26-22-,27-23-,35-32-,36-33-,40-38-,41-34-,44-42-,55-51-. The van der Waals surface area contributed by atoms with E-state index < -0.39 is 97.5 Å². The van der Waals surface area contributed by atoms with Crippen molar-refractivity contribution >= 4 is 39.5 Å². The van der Waals surface area contributed by atoms with Crippen molar-refractivity contribution in [1.82, 2.24) is 0 Å². The van der Waals surface area contributed by atoms with Crippen LogP contribution >= 0.6 is 15.6 Å². The Bertz CT molecular complexity index is 2550. The van der Waals surface area contributed by atoms with Gasteiger partial charge in [-0.1, -0.05) is 263 Å². The van der Waals surface area contributed by atoms with E-state index >= 15 is 0 Å². The van der Waals surface area contributed by atoms with Crippen LogP contribution in [0.5, 0.6) is 0 Å². The Kier molecular flexibility index (Phi) is 70.1. The monoisotopic (exact) mass is 1470 g/mol. The molecule has 5 atom stereocenters. The highest BCUT2D eigenvalue weighted by atomic mass is 31.2. The number of carbonyl (C=O) groups is 4. The Balaban J connectivity index is 5.40. The Morgan fingerprint density at radius 1 is 0.284 bits per heavy atom. The first-order valence-corrected chi connectivity index (χ1v) is 41.7. The van der Waals surface area contributed by atoms with E-state index in [1.165, 1.54) is 12.8 Å². The van der Waals surface area contributed by atoms with Gasteiger partial charge < -0.3 is 33.8 Å². The van der Waals surface area contributed by atoms with Crippen molar-refractivity contribution in [2.75, 3.05) is 39.6 Å². The van der Waals surface area contributed by atoms with Gasteiger partial charge in [-0.3, -0.25) is 37.3 Å². The molecule has 102 heavy (non-hydrogen) atoms. The Morgan fingerprint density at radius 2 is 0.520 bits per heavy atom. The summed E-state index contributed by atoms with van der Waals surface area (Å²) in [5, 5.41) is 10.6. The average molecular weight is 1470 g/mol. The highest BCUT2D eigenvalue weighted by molar-refractivity contribution is 7.47. The van der Waals surface area contributed by atoms with Crippen LogP contribution in [0, 0.1) is 0 Å². The molecule has 580 valence electrons. The fraction of sp³-hybridized carbons (Fsp3) is 0.639. The van der Waals surface area contributed by atoms with Crippen LogP contribution in [0.1, 0.15) is 285 Å². The molecule has 0 aromatic heterocycles. The van der Waals surface area contributed by atoms with E-state index in [2.05, 4.69) is 174 Å². The first kappa shape index (κ1) is 96.7. The molecule has 0 aliphatic heterocycles. The first-order chi connectivity index (χ1) is 49.7. The molecule has 0 amide bonds. The zero-order valence-corrected chi connectivity index (χ0v) is 65.0. The molecule has 0 spiro atoms. The summed E-state index contributed by atoms with van der Waals surface area (Å²) in [5.74, 6) is -2.30. The third-order valence-electron chi connectivity index (χ3n) is 15.5. The Labute approximate surface area is 617 Å². The molecule has 0 aliphatic carbocycles. The number of unbranched alkanes of at least 4 members (excludes halogenated alkanes) is 19. The molecule has 0 aromatic carbocycles. The predicted octanol–water partition coefficient (Wildman–Crippen LogP) is 22.4. The van der Waals surface area contributed by atoms with E-state index in [4.69, 9.17) is 37.0 Å². The summed E-state index contributed by atoms with van der Waals surface area (Å²) < 4.78 is 68.4. The molecule has 0 fully saturated rings. The number of hydrogen-bond donors (Lipinski definition) is 3. The van der Waals surface area contributed by atoms with Gasteiger partial charge in [0.1, 0.15) is 19.3 Å². The summed E-state index contributed by atoms with van der Waals surface area (Å²) in [6, 6.07) is 0. The largest absolute Gasteiger partial charge is 0.472 e. The van der Waals surface area contributed by atoms with Crippen molar-refractivity contribution in [2.24, 2.45) is 0 Å². The molecule has 0 heterocycles. The van der Waals surface area contributed by atoms with Crippen molar-refractivity contribution in [3.63, 3.8) is 0 Å². The topological polar surface area (TPSA) is 237 Å². The molecule has 0 saturated heterocycles. The van der Waals surface area contributed by atoms with Gasteiger partial charge in [-0.05, 0) is 154 Å². The van der Waals surface area contributed by atoms with E-state index in [1.54, 1.807) is 0 Å². The minimum absolute atomic E-state index is 0.0580. The van der Waals surface area contributed by atoms with Crippen LogP contribution in [0.25, 0.3) is 0 Å². The quantitative estimate of drug-likeness (QED) is 0.0169. The number of aliphatic hydroxyl groups excluding tert-OH is 1. The molecule has 5 unspecified atom stereocenters. The number of phosphoric acid groups is 2. The van der Waals surface area contributed by atoms with Crippen LogP contribution in [0.15, 0.2) is 158 Å². The molecular formula is C83H136O17P2. The summed E-state index contributed by atoms with van der Waals surface area (Å²) in [7, 11) is -9.99. The van der Waals surface area contributed by atoms with Gasteiger partial charge in [0.15, 0.2) is 12.2 Å². The van der Waals surface area contributed by atoms with Crippen molar-refractivity contribution in [1.29, 1.82) is 0 Å². The van der Waals surface area contributed by atoms with E-state index in [9.17, 15) is 43.2 Å². The number of aliphatic hydroxyl groups is 1. The van der Waals surface area contributed by atoms with Crippen LogP contribution in [0.4, 0.5) is 0 Å². The van der Waals surface area contributed by atoms with Gasteiger partial charge in [0.2, 0.25) is 0 Å². The lowest BCUT2D eigenvalue weighted by Crippen LogP contribution is -2.30. The Morgan fingerprint density at radius 3 is 0.833 bits per heavy atom. The van der Waals surface area contributed by atoms with E-state index in [0.717, 1.165) is 186 Å². The van der Waals surface area contributed by atoms with Crippen molar-refractivity contribution in [2.45, 2.75) is 303 Å². The maximum Gasteiger partial charge on any atom is 0.472 e. The average Bonchev–Trinajstić information content (AvgIpc) is 0.944. The zero-order valence-electron chi connectivity index (χ0n) is 63.2. The lowest BCUT2D eigenvalue weighted by atomic mass is 10.1. The summed E-state index contributed by atoms with van der Waals surface area (Å²) in [5.41, 5.74) is 0. The minimum atomic E-state index is -5.00. The molecule has 0 bridgehead atoms. The van der Waals surface area contributed by atoms with Gasteiger partial charge >= 0.3 is 39.5 Å². The van der Waals surface area contributed by atoms with E-state index in [1.807, 2.05) is 12.2 Å². The van der Waals surface area contributed by atoms with Gasteiger partial charge in [-0.2, -0.15) is 0 Å². The van der Waals surface area contributed by atoms with Crippen LogP contribution in [-0.2, 0) is 65.4 Å². The number of hydrogen-bond acceptors (Lipinski definition) is 15. The number of rotatable bonds is 71. The van der Waals surface area contributed by atoms with Crippen LogP contribution < -0.4 is 0 Å². The molecule has 0 radical (unpaired) electrons. The maximum atomic E-state index is 13.1. The van der Waals surface area contributed by atoms with Crippen LogP contribution in [-0.4, -0.2) is 96.7 Å². The molecule has 19 heteroatoms.